The van der Waals surface area contributed by atoms with Crippen molar-refractivity contribution in [1.82, 2.24) is 19.8 Å². The third-order valence-electron chi connectivity index (χ3n) is 7.12. The Balaban J connectivity index is 1.47. The highest BCUT2D eigenvalue weighted by atomic mass is 32.1. The van der Waals surface area contributed by atoms with Gasteiger partial charge in [0.05, 0.1) is 13.1 Å². The highest BCUT2D eigenvalue weighted by Gasteiger charge is 2.30. The normalized spacial score (nSPS) is 10.9. The minimum atomic E-state index is -0.303. The van der Waals surface area contributed by atoms with E-state index in [-0.39, 0.29) is 30.0 Å². The molecule has 0 N–H and O–H groups in total. The van der Waals surface area contributed by atoms with E-state index in [0.29, 0.717) is 11.1 Å². The summed E-state index contributed by atoms with van der Waals surface area (Å²) in [7, 11) is 0. The van der Waals surface area contributed by atoms with E-state index in [1.165, 1.54) is 9.80 Å². The number of pyridine rings is 2. The van der Waals surface area contributed by atoms with Crippen molar-refractivity contribution in [3.63, 3.8) is 0 Å². The van der Waals surface area contributed by atoms with Crippen LogP contribution >= 0.6 is 12.2 Å². The molecule has 2 aromatic heterocycles. The first-order valence-electron chi connectivity index (χ1n) is 13.5. The molecule has 0 unspecified atom stereocenters. The summed E-state index contributed by atoms with van der Waals surface area (Å²) in [5.74, 6) is -0.606. The van der Waals surface area contributed by atoms with E-state index in [4.69, 9.17) is 12.2 Å². The molecule has 0 saturated heterocycles. The molecule has 0 saturated carbocycles. The number of fused-ring (bicyclic) bond motifs is 2. The molecule has 0 aliphatic heterocycles. The second-order valence-corrected chi connectivity index (χ2v) is 10.2. The van der Waals surface area contributed by atoms with E-state index in [1.807, 2.05) is 97.1 Å². The van der Waals surface area contributed by atoms with Crippen LogP contribution in [0, 0.1) is 0 Å². The molecule has 6 aromatic rings. The van der Waals surface area contributed by atoms with Gasteiger partial charge < -0.3 is 0 Å². The summed E-state index contributed by atoms with van der Waals surface area (Å²) in [5.41, 5.74) is 2.57. The summed E-state index contributed by atoms with van der Waals surface area (Å²) in [4.78, 5) is 40.3. The third kappa shape index (κ3) is 5.50. The van der Waals surface area contributed by atoms with E-state index < -0.39 is 0 Å². The number of carbonyl (C=O) groups excluding carboxylic acids is 2. The van der Waals surface area contributed by atoms with Crippen molar-refractivity contribution in [1.29, 1.82) is 0 Å². The lowest BCUT2D eigenvalue weighted by Gasteiger charge is -2.32. The van der Waals surface area contributed by atoms with Crippen molar-refractivity contribution >= 4 is 50.7 Å². The number of hydrogen-bond donors (Lipinski definition) is 0. The topological polar surface area (TPSA) is 66.4 Å². The van der Waals surface area contributed by atoms with Crippen molar-refractivity contribution in [3.8, 4) is 0 Å². The molecule has 0 aliphatic rings. The van der Waals surface area contributed by atoms with Gasteiger partial charge in [-0.2, -0.15) is 0 Å². The third-order valence-corrected chi connectivity index (χ3v) is 7.56. The Morgan fingerprint density at radius 3 is 1.40 bits per heavy atom. The zero-order chi connectivity index (χ0) is 28.9. The highest BCUT2D eigenvalue weighted by Crippen LogP contribution is 2.25. The van der Waals surface area contributed by atoms with Crippen LogP contribution in [-0.4, -0.2) is 36.7 Å². The molecular weight excluding hydrogens is 540 g/mol. The van der Waals surface area contributed by atoms with Crippen molar-refractivity contribution in [2.75, 3.05) is 0 Å². The molecule has 6 nitrogen and oxygen atoms in total. The number of thiocarbonyl (C=S) groups is 1. The van der Waals surface area contributed by atoms with Crippen LogP contribution < -0.4 is 0 Å². The van der Waals surface area contributed by atoms with Gasteiger partial charge in [-0.15, -0.1) is 0 Å². The number of nitrogens with zero attached hydrogens (tertiary/aromatic N) is 4. The quantitative estimate of drug-likeness (QED) is 0.202. The monoisotopic (exact) mass is 566 g/mol. The highest BCUT2D eigenvalue weighted by molar-refractivity contribution is 7.80. The number of rotatable bonds is 6. The fourth-order valence-corrected chi connectivity index (χ4v) is 5.36. The van der Waals surface area contributed by atoms with Crippen LogP contribution in [0.5, 0.6) is 0 Å². The Morgan fingerprint density at radius 2 is 0.976 bits per heavy atom. The summed E-state index contributed by atoms with van der Waals surface area (Å²) >= 11 is 6.06. The number of carbonyl (C=O) groups is 2. The van der Waals surface area contributed by atoms with Gasteiger partial charge in [0.1, 0.15) is 0 Å². The lowest BCUT2D eigenvalue weighted by Crippen LogP contribution is -2.48. The van der Waals surface area contributed by atoms with Gasteiger partial charge in [0.15, 0.2) is 5.11 Å². The molecule has 0 bridgehead atoms. The maximum atomic E-state index is 14.4. The molecule has 0 atom stereocenters. The van der Waals surface area contributed by atoms with E-state index in [0.717, 1.165) is 32.7 Å². The summed E-state index contributed by atoms with van der Waals surface area (Å²) in [6.45, 7) is 0.280. The molecule has 7 heteroatoms. The van der Waals surface area contributed by atoms with Crippen LogP contribution in [0.3, 0.4) is 0 Å². The molecule has 204 valence electrons. The molecule has 0 fully saturated rings. The first-order chi connectivity index (χ1) is 20.6. The maximum Gasteiger partial charge on any atom is 0.260 e. The van der Waals surface area contributed by atoms with E-state index in [9.17, 15) is 9.59 Å². The summed E-state index contributed by atoms with van der Waals surface area (Å²) in [6, 6.07) is 34.1. The summed E-state index contributed by atoms with van der Waals surface area (Å²) < 4.78 is 0. The minimum absolute atomic E-state index is 0.0959. The van der Waals surface area contributed by atoms with Crippen LogP contribution in [0.15, 0.2) is 134 Å². The molecule has 42 heavy (non-hydrogen) atoms. The average molecular weight is 567 g/mol. The zero-order valence-electron chi connectivity index (χ0n) is 22.6. The van der Waals surface area contributed by atoms with E-state index in [1.54, 1.807) is 36.9 Å². The molecule has 4 aromatic carbocycles. The van der Waals surface area contributed by atoms with Gasteiger partial charge in [-0.1, -0.05) is 84.9 Å². The van der Waals surface area contributed by atoms with Crippen LogP contribution in [0.2, 0.25) is 0 Å². The van der Waals surface area contributed by atoms with Gasteiger partial charge in [0.25, 0.3) is 11.8 Å². The first-order valence-corrected chi connectivity index (χ1v) is 13.9. The van der Waals surface area contributed by atoms with Gasteiger partial charge in [-0.3, -0.25) is 29.4 Å². The van der Waals surface area contributed by atoms with Crippen molar-refractivity contribution in [2.24, 2.45) is 0 Å². The zero-order valence-corrected chi connectivity index (χ0v) is 23.4. The SMILES string of the molecule is O=C(c1cccc2ccccc12)N(Cc1cccnc1)C(=S)N(Cc1cccnc1)C(=O)c1cccc2ccccc12. The Bertz CT molecular complexity index is 1760. The maximum absolute atomic E-state index is 14.4. The predicted molar refractivity (Wildman–Crippen MR) is 169 cm³/mol. The van der Waals surface area contributed by atoms with Crippen LogP contribution in [0.4, 0.5) is 0 Å². The van der Waals surface area contributed by atoms with Gasteiger partial charge in [-0.05, 0) is 69.2 Å². The largest absolute Gasteiger partial charge is 0.280 e. The van der Waals surface area contributed by atoms with Crippen molar-refractivity contribution in [3.05, 3.63) is 156 Å². The number of hydrogen-bond acceptors (Lipinski definition) is 5. The second kappa shape index (κ2) is 12.1. The lowest BCUT2D eigenvalue weighted by molar-refractivity contribution is 0.0778. The van der Waals surface area contributed by atoms with Crippen LogP contribution in [0.25, 0.3) is 21.5 Å². The Kier molecular flexibility index (Phi) is 7.74. The fourth-order valence-electron chi connectivity index (χ4n) is 5.06. The Morgan fingerprint density at radius 1 is 0.548 bits per heavy atom. The summed E-state index contributed by atoms with van der Waals surface area (Å²) in [5, 5.41) is 3.59. The Hall–Kier alpha value is -5.27. The number of benzene rings is 4. The standard InChI is InChI=1S/C35H26N4O2S/c40-33(31-17-5-13-27-11-1-3-15-29(27)31)38(23-25-9-7-19-36-21-25)35(42)39(24-26-10-8-20-37-22-26)34(41)32-18-6-14-28-12-2-4-16-30(28)32/h1-22H,23-24H2. The van der Waals surface area contributed by atoms with Crippen molar-refractivity contribution < 1.29 is 9.59 Å². The molecular formula is C35H26N4O2S. The fraction of sp³-hybridized carbons (Fsp3) is 0.0571. The smallest absolute Gasteiger partial charge is 0.260 e. The number of amides is 2. The van der Waals surface area contributed by atoms with Gasteiger partial charge in [0, 0.05) is 35.9 Å². The minimum Gasteiger partial charge on any atom is -0.280 e. The molecule has 0 aliphatic carbocycles. The molecule has 0 spiro atoms. The van der Waals surface area contributed by atoms with Crippen LogP contribution in [0.1, 0.15) is 31.8 Å². The number of aromatic nitrogens is 2. The lowest BCUT2D eigenvalue weighted by atomic mass is 10.0. The van der Waals surface area contributed by atoms with E-state index in [2.05, 4.69) is 9.97 Å². The van der Waals surface area contributed by atoms with Crippen LogP contribution in [-0.2, 0) is 13.1 Å². The second-order valence-electron chi connectivity index (χ2n) is 9.84. The summed E-state index contributed by atoms with van der Waals surface area (Å²) in [6.07, 6.45) is 6.75. The molecule has 2 amide bonds. The molecule has 6 rings (SSSR count). The Labute approximate surface area is 248 Å². The van der Waals surface area contributed by atoms with Gasteiger partial charge in [-0.25, -0.2) is 0 Å². The van der Waals surface area contributed by atoms with Crippen molar-refractivity contribution in [2.45, 2.75) is 13.1 Å². The molecule has 0 radical (unpaired) electrons. The van der Waals surface area contributed by atoms with Gasteiger partial charge in [0.2, 0.25) is 0 Å². The predicted octanol–water partition coefficient (Wildman–Crippen LogP) is 7.05. The van der Waals surface area contributed by atoms with Gasteiger partial charge >= 0.3 is 0 Å². The molecule has 2 heterocycles. The first kappa shape index (κ1) is 26.9. The van der Waals surface area contributed by atoms with E-state index >= 15 is 0 Å². The average Bonchev–Trinajstić information content (AvgIpc) is 3.05.